The zero-order valence-corrected chi connectivity index (χ0v) is 8.61. The van der Waals surface area contributed by atoms with Crippen LogP contribution >= 0.6 is 0 Å². The van der Waals surface area contributed by atoms with Crippen LogP contribution in [0.3, 0.4) is 0 Å². The molecule has 1 aromatic carbocycles. The Morgan fingerprint density at radius 2 is 1.88 bits per heavy atom. The van der Waals surface area contributed by atoms with E-state index in [1.54, 1.807) is 12.4 Å². The fraction of sp³-hybridized carbons (Fsp3) is 0.0833. The summed E-state index contributed by atoms with van der Waals surface area (Å²) in [5.41, 5.74) is 11.3. The van der Waals surface area contributed by atoms with Crippen LogP contribution in [0.25, 0.3) is 10.4 Å². The van der Waals surface area contributed by atoms with Crippen LogP contribution < -0.4 is 0 Å². The quantitative estimate of drug-likeness (QED) is 0.433. The van der Waals surface area contributed by atoms with Gasteiger partial charge >= 0.3 is 0 Å². The third kappa shape index (κ3) is 2.38. The first-order chi connectivity index (χ1) is 7.90. The summed E-state index contributed by atoms with van der Waals surface area (Å²) < 4.78 is 0. The fourth-order valence-corrected chi connectivity index (χ4v) is 1.53. The summed E-state index contributed by atoms with van der Waals surface area (Å²) in [5, 5.41) is 3.67. The molecule has 4 nitrogen and oxygen atoms in total. The highest BCUT2D eigenvalue weighted by Gasteiger charge is 2.00. The second-order valence-electron chi connectivity index (χ2n) is 3.35. The third-order valence-electron chi connectivity index (χ3n) is 2.29. The fourth-order valence-electron chi connectivity index (χ4n) is 1.53. The molecule has 0 unspecified atom stereocenters. The van der Waals surface area contributed by atoms with Crippen molar-refractivity contribution < 1.29 is 0 Å². The molecular weight excluding hydrogens is 200 g/mol. The molecule has 0 amide bonds. The van der Waals surface area contributed by atoms with Gasteiger partial charge < -0.3 is 0 Å². The molecule has 0 atom stereocenters. The molecule has 2 aromatic rings. The van der Waals surface area contributed by atoms with Crippen molar-refractivity contribution in [2.24, 2.45) is 5.11 Å². The first-order valence-corrected chi connectivity index (χ1v) is 4.92. The predicted molar refractivity (Wildman–Crippen MR) is 62.3 cm³/mol. The molecule has 0 bridgehead atoms. The molecule has 0 radical (unpaired) electrons. The zero-order chi connectivity index (χ0) is 11.2. The standard InChI is InChI=1S/C12H10N4/c13-16-15-12-4-2-1-3-11(12)9-10-5-7-14-8-6-10/h1-8H,9H2. The summed E-state index contributed by atoms with van der Waals surface area (Å²) >= 11 is 0. The van der Waals surface area contributed by atoms with Crippen molar-refractivity contribution in [2.45, 2.75) is 6.42 Å². The second-order valence-corrected chi connectivity index (χ2v) is 3.35. The number of azide groups is 1. The molecule has 78 valence electrons. The van der Waals surface area contributed by atoms with E-state index in [0.29, 0.717) is 5.69 Å². The summed E-state index contributed by atoms with van der Waals surface area (Å²) in [4.78, 5) is 6.78. The maximum Gasteiger partial charge on any atom is 0.0410 e. The molecule has 0 aliphatic heterocycles. The van der Waals surface area contributed by atoms with E-state index in [1.165, 1.54) is 0 Å². The Bertz CT molecular complexity index is 516. The van der Waals surface area contributed by atoms with Gasteiger partial charge in [0.2, 0.25) is 0 Å². The average Bonchev–Trinajstić information content (AvgIpc) is 2.33. The van der Waals surface area contributed by atoms with Gasteiger partial charge in [-0.05, 0) is 35.2 Å². The predicted octanol–water partition coefficient (Wildman–Crippen LogP) is 3.61. The molecule has 16 heavy (non-hydrogen) atoms. The van der Waals surface area contributed by atoms with Crippen LogP contribution in [0.15, 0.2) is 53.9 Å². The van der Waals surface area contributed by atoms with E-state index in [-0.39, 0.29) is 0 Å². The Morgan fingerprint density at radius 1 is 1.12 bits per heavy atom. The Hall–Kier alpha value is -2.32. The molecule has 1 aromatic heterocycles. The minimum Gasteiger partial charge on any atom is -0.265 e. The Morgan fingerprint density at radius 3 is 2.62 bits per heavy atom. The normalized spacial score (nSPS) is 9.50. The highest BCUT2D eigenvalue weighted by molar-refractivity contribution is 5.47. The number of benzene rings is 1. The van der Waals surface area contributed by atoms with Crippen molar-refractivity contribution >= 4 is 5.69 Å². The Labute approximate surface area is 93.2 Å². The van der Waals surface area contributed by atoms with Gasteiger partial charge in [0, 0.05) is 23.0 Å². The summed E-state index contributed by atoms with van der Waals surface area (Å²) in [6.07, 6.45) is 4.26. The highest BCUT2D eigenvalue weighted by Crippen LogP contribution is 2.21. The van der Waals surface area contributed by atoms with Gasteiger partial charge in [0.25, 0.3) is 0 Å². The van der Waals surface area contributed by atoms with E-state index in [9.17, 15) is 0 Å². The van der Waals surface area contributed by atoms with E-state index >= 15 is 0 Å². The number of hydrogen-bond donors (Lipinski definition) is 0. The lowest BCUT2D eigenvalue weighted by molar-refractivity contribution is 1.15. The maximum atomic E-state index is 8.46. The molecule has 0 spiro atoms. The summed E-state index contributed by atoms with van der Waals surface area (Å²) in [6.45, 7) is 0. The minimum absolute atomic E-state index is 0.682. The SMILES string of the molecule is [N-]=[N+]=Nc1ccccc1Cc1ccncc1. The molecular formula is C12H10N4. The molecule has 0 fully saturated rings. The topological polar surface area (TPSA) is 61.7 Å². The summed E-state index contributed by atoms with van der Waals surface area (Å²) in [7, 11) is 0. The monoisotopic (exact) mass is 210 g/mol. The van der Waals surface area contributed by atoms with Crippen LogP contribution in [0.1, 0.15) is 11.1 Å². The first kappa shape index (κ1) is 10.2. The number of rotatable bonds is 3. The van der Waals surface area contributed by atoms with E-state index in [2.05, 4.69) is 15.0 Å². The highest BCUT2D eigenvalue weighted by atomic mass is 15.1. The van der Waals surface area contributed by atoms with Crippen LogP contribution in [0.2, 0.25) is 0 Å². The van der Waals surface area contributed by atoms with Crippen LogP contribution in [0.4, 0.5) is 5.69 Å². The Kier molecular flexibility index (Phi) is 3.16. The minimum atomic E-state index is 0.682. The molecule has 0 aliphatic carbocycles. The Balaban J connectivity index is 2.31. The maximum absolute atomic E-state index is 8.46. The molecule has 2 rings (SSSR count). The van der Waals surface area contributed by atoms with E-state index in [1.807, 2.05) is 36.4 Å². The van der Waals surface area contributed by atoms with Gasteiger partial charge in [-0.2, -0.15) is 0 Å². The van der Waals surface area contributed by atoms with Crippen molar-refractivity contribution in [2.75, 3.05) is 0 Å². The number of aromatic nitrogens is 1. The van der Waals surface area contributed by atoms with Gasteiger partial charge in [0.1, 0.15) is 0 Å². The van der Waals surface area contributed by atoms with E-state index in [4.69, 9.17) is 5.53 Å². The van der Waals surface area contributed by atoms with Crippen LogP contribution in [-0.4, -0.2) is 4.98 Å². The van der Waals surface area contributed by atoms with Crippen molar-refractivity contribution in [3.05, 3.63) is 70.4 Å². The summed E-state index contributed by atoms with van der Waals surface area (Å²) in [6, 6.07) is 11.5. The van der Waals surface area contributed by atoms with Gasteiger partial charge in [-0.3, -0.25) is 4.98 Å². The van der Waals surface area contributed by atoms with Gasteiger partial charge in [-0.1, -0.05) is 29.4 Å². The lowest BCUT2D eigenvalue weighted by Gasteiger charge is -2.04. The molecule has 0 N–H and O–H groups in total. The summed E-state index contributed by atoms with van der Waals surface area (Å²) in [5.74, 6) is 0. The van der Waals surface area contributed by atoms with Crippen molar-refractivity contribution in [3.8, 4) is 0 Å². The van der Waals surface area contributed by atoms with Crippen molar-refractivity contribution in [1.29, 1.82) is 0 Å². The number of pyridine rings is 1. The molecule has 4 heteroatoms. The lowest BCUT2D eigenvalue weighted by atomic mass is 10.0. The van der Waals surface area contributed by atoms with Gasteiger partial charge in [-0.25, -0.2) is 0 Å². The largest absolute Gasteiger partial charge is 0.265 e. The molecule has 0 aliphatic rings. The number of nitrogens with zero attached hydrogens (tertiary/aromatic N) is 4. The van der Waals surface area contributed by atoms with Crippen molar-refractivity contribution in [1.82, 2.24) is 4.98 Å². The van der Waals surface area contributed by atoms with E-state index in [0.717, 1.165) is 17.5 Å². The third-order valence-corrected chi connectivity index (χ3v) is 2.29. The second kappa shape index (κ2) is 4.96. The van der Waals surface area contributed by atoms with Gasteiger partial charge in [0.05, 0.1) is 0 Å². The first-order valence-electron chi connectivity index (χ1n) is 4.92. The van der Waals surface area contributed by atoms with Crippen LogP contribution in [-0.2, 0) is 6.42 Å². The molecule has 0 saturated heterocycles. The molecule has 0 saturated carbocycles. The smallest absolute Gasteiger partial charge is 0.0410 e. The van der Waals surface area contributed by atoms with Crippen molar-refractivity contribution in [3.63, 3.8) is 0 Å². The van der Waals surface area contributed by atoms with Gasteiger partial charge in [-0.15, -0.1) is 0 Å². The van der Waals surface area contributed by atoms with Crippen LogP contribution in [0, 0.1) is 0 Å². The molecule has 1 heterocycles. The average molecular weight is 210 g/mol. The van der Waals surface area contributed by atoms with E-state index < -0.39 is 0 Å². The van der Waals surface area contributed by atoms with Gasteiger partial charge in [0.15, 0.2) is 0 Å². The zero-order valence-electron chi connectivity index (χ0n) is 8.61. The lowest BCUT2D eigenvalue weighted by Crippen LogP contribution is -1.88. The van der Waals surface area contributed by atoms with Crippen LogP contribution in [0.5, 0.6) is 0 Å². The number of hydrogen-bond acceptors (Lipinski definition) is 2.